The molecule has 3 rings (SSSR count). The average Bonchev–Trinajstić information content (AvgIpc) is 3.23. The zero-order valence-electron chi connectivity index (χ0n) is 10.7. The molecule has 1 heterocycles. The minimum atomic E-state index is 0.760. The molecule has 2 heteroatoms. The standard InChI is InChI=1S/C16H18N2/c1-12-2-3-13(11-18-15-4-5-15)10-16(12)14-6-8-17-9-7-14/h2-3,6-10,15,18H,4-5,11H2,1H3. The molecule has 0 saturated heterocycles. The van der Waals surface area contributed by atoms with E-state index >= 15 is 0 Å². The molecule has 0 amide bonds. The van der Waals surface area contributed by atoms with Crippen molar-refractivity contribution in [3.8, 4) is 11.1 Å². The van der Waals surface area contributed by atoms with Crippen molar-refractivity contribution in [1.82, 2.24) is 10.3 Å². The summed E-state index contributed by atoms with van der Waals surface area (Å²) in [6.07, 6.45) is 6.37. The number of nitrogens with zero attached hydrogens (tertiary/aromatic N) is 1. The summed E-state index contributed by atoms with van der Waals surface area (Å²) in [7, 11) is 0. The van der Waals surface area contributed by atoms with Gasteiger partial charge in [0.15, 0.2) is 0 Å². The number of nitrogens with one attached hydrogen (secondary N) is 1. The average molecular weight is 238 g/mol. The fourth-order valence-corrected chi connectivity index (χ4v) is 2.17. The molecule has 1 aromatic carbocycles. The summed E-state index contributed by atoms with van der Waals surface area (Å²) in [5, 5.41) is 3.56. The summed E-state index contributed by atoms with van der Waals surface area (Å²) in [6, 6.07) is 11.6. The zero-order valence-corrected chi connectivity index (χ0v) is 10.7. The quantitative estimate of drug-likeness (QED) is 0.884. The molecule has 1 fully saturated rings. The first-order valence-electron chi connectivity index (χ1n) is 6.56. The lowest BCUT2D eigenvalue weighted by Crippen LogP contribution is -2.15. The van der Waals surface area contributed by atoms with Crippen molar-refractivity contribution in [3.05, 3.63) is 53.9 Å². The summed E-state index contributed by atoms with van der Waals surface area (Å²) < 4.78 is 0. The third kappa shape index (κ3) is 2.59. The van der Waals surface area contributed by atoms with Gasteiger partial charge in [-0.1, -0.05) is 12.1 Å². The first-order valence-corrected chi connectivity index (χ1v) is 6.56. The van der Waals surface area contributed by atoms with Gasteiger partial charge in [-0.05, 0) is 60.2 Å². The molecule has 2 aromatic rings. The van der Waals surface area contributed by atoms with E-state index in [4.69, 9.17) is 0 Å². The number of aryl methyl sites for hydroxylation is 1. The van der Waals surface area contributed by atoms with E-state index in [9.17, 15) is 0 Å². The Balaban J connectivity index is 1.85. The molecular formula is C16H18N2. The lowest BCUT2D eigenvalue weighted by atomic mass is 9.99. The maximum Gasteiger partial charge on any atom is 0.0273 e. The van der Waals surface area contributed by atoms with E-state index in [-0.39, 0.29) is 0 Å². The lowest BCUT2D eigenvalue weighted by molar-refractivity contribution is 0.688. The largest absolute Gasteiger partial charge is 0.310 e. The Morgan fingerprint density at radius 2 is 1.94 bits per heavy atom. The van der Waals surface area contributed by atoms with Gasteiger partial charge in [-0.25, -0.2) is 0 Å². The van der Waals surface area contributed by atoms with E-state index in [1.807, 2.05) is 12.4 Å². The number of hydrogen-bond donors (Lipinski definition) is 1. The van der Waals surface area contributed by atoms with E-state index in [0.29, 0.717) is 0 Å². The third-order valence-electron chi connectivity index (χ3n) is 3.47. The van der Waals surface area contributed by atoms with Crippen LogP contribution in [-0.4, -0.2) is 11.0 Å². The third-order valence-corrected chi connectivity index (χ3v) is 3.47. The second-order valence-electron chi connectivity index (χ2n) is 5.04. The molecule has 1 aromatic heterocycles. The second-order valence-corrected chi connectivity index (χ2v) is 5.04. The molecule has 18 heavy (non-hydrogen) atoms. The fourth-order valence-electron chi connectivity index (χ4n) is 2.17. The van der Waals surface area contributed by atoms with Crippen molar-refractivity contribution < 1.29 is 0 Å². The summed E-state index contributed by atoms with van der Waals surface area (Å²) in [5.74, 6) is 0. The van der Waals surface area contributed by atoms with E-state index in [1.54, 1.807) is 0 Å². The van der Waals surface area contributed by atoms with Gasteiger partial charge in [-0.2, -0.15) is 0 Å². The molecule has 0 radical (unpaired) electrons. The van der Waals surface area contributed by atoms with E-state index in [0.717, 1.165) is 12.6 Å². The van der Waals surface area contributed by atoms with Crippen LogP contribution in [0.1, 0.15) is 24.0 Å². The molecule has 1 saturated carbocycles. The van der Waals surface area contributed by atoms with Gasteiger partial charge in [0.25, 0.3) is 0 Å². The molecule has 92 valence electrons. The van der Waals surface area contributed by atoms with Gasteiger partial charge >= 0.3 is 0 Å². The molecule has 1 aliphatic carbocycles. The van der Waals surface area contributed by atoms with Crippen LogP contribution in [0.15, 0.2) is 42.7 Å². The zero-order chi connectivity index (χ0) is 12.4. The number of benzene rings is 1. The minimum absolute atomic E-state index is 0.760. The normalized spacial score (nSPS) is 14.7. The van der Waals surface area contributed by atoms with Crippen LogP contribution in [0.25, 0.3) is 11.1 Å². The van der Waals surface area contributed by atoms with E-state index in [1.165, 1.54) is 35.1 Å². The Labute approximate surface area is 108 Å². The first kappa shape index (κ1) is 11.4. The van der Waals surface area contributed by atoms with Crippen LogP contribution in [0, 0.1) is 6.92 Å². The van der Waals surface area contributed by atoms with Gasteiger partial charge in [-0.3, -0.25) is 4.98 Å². The van der Waals surface area contributed by atoms with E-state index in [2.05, 4.69) is 47.6 Å². The van der Waals surface area contributed by atoms with Crippen molar-refractivity contribution in [1.29, 1.82) is 0 Å². The topological polar surface area (TPSA) is 24.9 Å². The number of hydrogen-bond acceptors (Lipinski definition) is 2. The molecule has 0 unspecified atom stereocenters. The number of aromatic nitrogens is 1. The Kier molecular flexibility index (Phi) is 3.11. The maximum atomic E-state index is 4.08. The van der Waals surface area contributed by atoms with Crippen LogP contribution in [0.4, 0.5) is 0 Å². The van der Waals surface area contributed by atoms with Crippen LogP contribution in [-0.2, 0) is 6.54 Å². The first-order chi connectivity index (χ1) is 8.83. The summed E-state index contributed by atoms with van der Waals surface area (Å²) >= 11 is 0. The van der Waals surface area contributed by atoms with Gasteiger partial charge in [0.05, 0.1) is 0 Å². The van der Waals surface area contributed by atoms with Crippen molar-refractivity contribution in [3.63, 3.8) is 0 Å². The molecule has 0 spiro atoms. The van der Waals surface area contributed by atoms with Crippen molar-refractivity contribution >= 4 is 0 Å². The van der Waals surface area contributed by atoms with Crippen LogP contribution >= 0.6 is 0 Å². The van der Waals surface area contributed by atoms with Gasteiger partial charge in [0.2, 0.25) is 0 Å². The summed E-state index contributed by atoms with van der Waals surface area (Å²) in [4.78, 5) is 4.08. The predicted molar refractivity (Wildman–Crippen MR) is 74.3 cm³/mol. The number of pyridine rings is 1. The van der Waals surface area contributed by atoms with Crippen LogP contribution in [0.5, 0.6) is 0 Å². The smallest absolute Gasteiger partial charge is 0.0273 e. The Morgan fingerprint density at radius 3 is 2.67 bits per heavy atom. The highest BCUT2D eigenvalue weighted by molar-refractivity contribution is 5.67. The predicted octanol–water partition coefficient (Wildman–Crippen LogP) is 3.31. The van der Waals surface area contributed by atoms with Crippen LogP contribution in [0.3, 0.4) is 0 Å². The number of rotatable bonds is 4. The molecule has 1 N–H and O–H groups in total. The maximum absolute atomic E-state index is 4.08. The minimum Gasteiger partial charge on any atom is -0.310 e. The van der Waals surface area contributed by atoms with Gasteiger partial charge in [-0.15, -0.1) is 0 Å². The molecule has 1 aliphatic rings. The molecule has 2 nitrogen and oxygen atoms in total. The Bertz CT molecular complexity index is 530. The highest BCUT2D eigenvalue weighted by Crippen LogP contribution is 2.25. The highest BCUT2D eigenvalue weighted by atomic mass is 14.9. The lowest BCUT2D eigenvalue weighted by Gasteiger charge is -2.09. The van der Waals surface area contributed by atoms with Gasteiger partial charge < -0.3 is 5.32 Å². The van der Waals surface area contributed by atoms with Crippen molar-refractivity contribution in [2.75, 3.05) is 0 Å². The SMILES string of the molecule is Cc1ccc(CNC2CC2)cc1-c1ccncc1. The van der Waals surface area contributed by atoms with Gasteiger partial charge in [0.1, 0.15) is 0 Å². The molecular weight excluding hydrogens is 220 g/mol. The van der Waals surface area contributed by atoms with Crippen LogP contribution < -0.4 is 5.32 Å². The fraction of sp³-hybridized carbons (Fsp3) is 0.312. The highest BCUT2D eigenvalue weighted by Gasteiger charge is 2.19. The molecule has 0 aliphatic heterocycles. The summed E-state index contributed by atoms with van der Waals surface area (Å²) in [6.45, 7) is 3.14. The van der Waals surface area contributed by atoms with E-state index < -0.39 is 0 Å². The van der Waals surface area contributed by atoms with Gasteiger partial charge in [0, 0.05) is 25.0 Å². The molecule has 0 bridgehead atoms. The summed E-state index contributed by atoms with van der Waals surface area (Å²) in [5.41, 5.74) is 5.24. The Hall–Kier alpha value is -1.67. The van der Waals surface area contributed by atoms with Crippen molar-refractivity contribution in [2.24, 2.45) is 0 Å². The second kappa shape index (κ2) is 4.91. The monoisotopic (exact) mass is 238 g/mol. The van der Waals surface area contributed by atoms with Crippen LogP contribution in [0.2, 0.25) is 0 Å². The Morgan fingerprint density at radius 1 is 1.17 bits per heavy atom. The molecule has 0 atom stereocenters. The van der Waals surface area contributed by atoms with Crippen molar-refractivity contribution in [2.45, 2.75) is 32.4 Å².